The van der Waals surface area contributed by atoms with Gasteiger partial charge in [-0.2, -0.15) is 0 Å². The van der Waals surface area contributed by atoms with Crippen LogP contribution in [0.15, 0.2) is 34.9 Å². The van der Waals surface area contributed by atoms with Crippen LogP contribution >= 0.6 is 15.9 Å². The second-order valence-corrected chi connectivity index (χ2v) is 5.02. The molecule has 0 aliphatic carbocycles. The number of aromatic nitrogens is 1. The van der Waals surface area contributed by atoms with Crippen LogP contribution in [-0.2, 0) is 16.0 Å². The van der Waals surface area contributed by atoms with Crippen molar-refractivity contribution in [3.8, 4) is 0 Å². The third-order valence-corrected chi connectivity index (χ3v) is 3.52. The molecule has 19 heavy (non-hydrogen) atoms. The lowest BCUT2D eigenvalue weighted by atomic mass is 10.0. The van der Waals surface area contributed by atoms with Crippen molar-refractivity contribution in [3.63, 3.8) is 0 Å². The van der Waals surface area contributed by atoms with E-state index in [0.29, 0.717) is 13.0 Å². The number of halogens is 1. The molecule has 2 aromatic rings. The van der Waals surface area contributed by atoms with E-state index in [2.05, 4.69) is 20.9 Å². The number of ether oxygens (including phenoxy) is 1. The maximum Gasteiger partial charge on any atom is 0.323 e. The van der Waals surface area contributed by atoms with Crippen LogP contribution in [0.25, 0.3) is 10.9 Å². The van der Waals surface area contributed by atoms with Gasteiger partial charge in [0.2, 0.25) is 0 Å². The zero-order chi connectivity index (χ0) is 13.8. The number of benzene rings is 1. The second kappa shape index (κ2) is 6.12. The number of nitrogens with two attached hydrogens (primary N) is 1. The minimum atomic E-state index is -0.661. The molecule has 1 unspecified atom stereocenters. The summed E-state index contributed by atoms with van der Waals surface area (Å²) < 4.78 is 5.89. The Morgan fingerprint density at radius 2 is 2.26 bits per heavy atom. The summed E-state index contributed by atoms with van der Waals surface area (Å²) in [7, 11) is 0. The average molecular weight is 323 g/mol. The lowest BCUT2D eigenvalue weighted by Crippen LogP contribution is -2.34. The van der Waals surface area contributed by atoms with Crippen molar-refractivity contribution in [2.45, 2.75) is 19.4 Å². The SMILES string of the molecule is CCOC(=O)C(N)Cc1ccc(Br)c2cccnc12. The van der Waals surface area contributed by atoms with Gasteiger partial charge in [-0.25, -0.2) is 0 Å². The molecule has 0 spiro atoms. The molecular weight excluding hydrogens is 308 g/mol. The molecule has 0 saturated carbocycles. The first-order valence-corrected chi connectivity index (χ1v) is 6.87. The maximum atomic E-state index is 11.6. The number of fused-ring (bicyclic) bond motifs is 1. The fourth-order valence-electron chi connectivity index (χ4n) is 1.93. The Hall–Kier alpha value is -1.46. The quantitative estimate of drug-likeness (QED) is 0.878. The van der Waals surface area contributed by atoms with Crippen molar-refractivity contribution < 1.29 is 9.53 Å². The van der Waals surface area contributed by atoms with Gasteiger partial charge in [0.15, 0.2) is 0 Å². The second-order valence-electron chi connectivity index (χ2n) is 4.17. The Bertz CT molecular complexity index is 601. The topological polar surface area (TPSA) is 65.2 Å². The van der Waals surface area contributed by atoms with Crippen molar-refractivity contribution >= 4 is 32.8 Å². The molecule has 0 saturated heterocycles. The molecule has 0 aliphatic heterocycles. The molecule has 1 heterocycles. The first kappa shape index (κ1) is 14.0. The monoisotopic (exact) mass is 322 g/mol. The van der Waals surface area contributed by atoms with Crippen LogP contribution < -0.4 is 5.73 Å². The van der Waals surface area contributed by atoms with E-state index in [0.717, 1.165) is 20.9 Å². The molecular formula is C14H15BrN2O2. The highest BCUT2D eigenvalue weighted by molar-refractivity contribution is 9.10. The summed E-state index contributed by atoms with van der Waals surface area (Å²) in [6.45, 7) is 2.10. The number of carbonyl (C=O) groups excluding carboxylic acids is 1. The summed E-state index contributed by atoms with van der Waals surface area (Å²) in [5, 5.41) is 1.01. The lowest BCUT2D eigenvalue weighted by molar-refractivity contribution is -0.144. The van der Waals surface area contributed by atoms with Crippen molar-refractivity contribution in [2.75, 3.05) is 6.61 Å². The van der Waals surface area contributed by atoms with E-state index in [9.17, 15) is 4.79 Å². The van der Waals surface area contributed by atoms with Gasteiger partial charge in [0.25, 0.3) is 0 Å². The smallest absolute Gasteiger partial charge is 0.323 e. The molecule has 1 aromatic carbocycles. The van der Waals surface area contributed by atoms with Gasteiger partial charge in [-0.15, -0.1) is 0 Å². The van der Waals surface area contributed by atoms with Crippen molar-refractivity contribution in [2.24, 2.45) is 5.73 Å². The van der Waals surface area contributed by atoms with Gasteiger partial charge in [0.1, 0.15) is 6.04 Å². The Morgan fingerprint density at radius 3 is 3.00 bits per heavy atom. The number of hydrogen-bond donors (Lipinski definition) is 1. The van der Waals surface area contributed by atoms with Gasteiger partial charge < -0.3 is 10.5 Å². The lowest BCUT2D eigenvalue weighted by Gasteiger charge is -2.12. The molecule has 0 aliphatic rings. The Balaban J connectivity index is 2.31. The summed E-state index contributed by atoms with van der Waals surface area (Å²) in [6, 6.07) is 7.07. The molecule has 0 fully saturated rings. The molecule has 0 radical (unpaired) electrons. The van der Waals surface area contributed by atoms with Crippen LogP contribution in [0.4, 0.5) is 0 Å². The van der Waals surface area contributed by atoms with E-state index in [1.165, 1.54) is 0 Å². The van der Waals surface area contributed by atoms with E-state index in [4.69, 9.17) is 10.5 Å². The fraction of sp³-hybridized carbons (Fsp3) is 0.286. The fourth-order valence-corrected chi connectivity index (χ4v) is 2.38. The largest absolute Gasteiger partial charge is 0.465 e. The third-order valence-electron chi connectivity index (χ3n) is 2.83. The van der Waals surface area contributed by atoms with Crippen LogP contribution in [0, 0.1) is 0 Å². The summed E-state index contributed by atoms with van der Waals surface area (Å²) in [4.78, 5) is 15.9. The predicted molar refractivity (Wildman–Crippen MR) is 77.8 cm³/mol. The van der Waals surface area contributed by atoms with E-state index in [1.54, 1.807) is 13.1 Å². The molecule has 100 valence electrons. The van der Waals surface area contributed by atoms with Crippen molar-refractivity contribution in [1.29, 1.82) is 0 Å². The number of rotatable bonds is 4. The highest BCUT2D eigenvalue weighted by atomic mass is 79.9. The van der Waals surface area contributed by atoms with E-state index in [-0.39, 0.29) is 5.97 Å². The van der Waals surface area contributed by atoms with Crippen molar-refractivity contribution in [1.82, 2.24) is 4.98 Å². The average Bonchev–Trinajstić information content (AvgIpc) is 2.42. The summed E-state index contributed by atoms with van der Waals surface area (Å²) >= 11 is 3.49. The van der Waals surface area contributed by atoms with Gasteiger partial charge in [0.05, 0.1) is 12.1 Å². The zero-order valence-corrected chi connectivity index (χ0v) is 12.2. The Morgan fingerprint density at radius 1 is 1.47 bits per heavy atom. The molecule has 2 N–H and O–H groups in total. The van der Waals surface area contributed by atoms with Gasteiger partial charge in [0, 0.05) is 22.5 Å². The van der Waals surface area contributed by atoms with Gasteiger partial charge in [-0.05, 0) is 24.6 Å². The minimum Gasteiger partial charge on any atom is -0.465 e. The van der Waals surface area contributed by atoms with Crippen LogP contribution in [0.2, 0.25) is 0 Å². The number of nitrogens with zero attached hydrogens (tertiary/aromatic N) is 1. The summed E-state index contributed by atoms with van der Waals surface area (Å²) in [5.41, 5.74) is 7.65. The molecule has 0 amide bonds. The predicted octanol–water partition coefficient (Wildman–Crippen LogP) is 2.43. The Kier molecular flexibility index (Phi) is 4.50. The standard InChI is InChI=1S/C14H15BrN2O2/c1-2-19-14(18)12(16)8-9-5-6-11(15)10-4-3-7-17-13(9)10/h3-7,12H,2,8,16H2,1H3. The molecule has 4 nitrogen and oxygen atoms in total. The number of hydrogen-bond acceptors (Lipinski definition) is 4. The van der Waals surface area contributed by atoms with Gasteiger partial charge in [-0.1, -0.05) is 28.1 Å². The number of esters is 1. The normalized spacial score (nSPS) is 12.4. The maximum absolute atomic E-state index is 11.6. The van der Waals surface area contributed by atoms with Crippen LogP contribution in [0.1, 0.15) is 12.5 Å². The highest BCUT2D eigenvalue weighted by Crippen LogP contribution is 2.25. The molecule has 1 atom stereocenters. The van der Waals surface area contributed by atoms with Crippen LogP contribution in [0.5, 0.6) is 0 Å². The molecule has 2 rings (SSSR count). The highest BCUT2D eigenvalue weighted by Gasteiger charge is 2.17. The van der Waals surface area contributed by atoms with Crippen LogP contribution in [-0.4, -0.2) is 23.6 Å². The Labute approximate surface area is 120 Å². The number of carbonyl (C=O) groups is 1. The van der Waals surface area contributed by atoms with E-state index < -0.39 is 6.04 Å². The van der Waals surface area contributed by atoms with Crippen molar-refractivity contribution in [3.05, 3.63) is 40.5 Å². The summed E-state index contributed by atoms with van der Waals surface area (Å²) in [5.74, 6) is -0.380. The first-order chi connectivity index (χ1) is 9.13. The molecule has 5 heteroatoms. The molecule has 1 aromatic heterocycles. The van der Waals surface area contributed by atoms with E-state index in [1.807, 2.05) is 24.3 Å². The first-order valence-electron chi connectivity index (χ1n) is 6.07. The number of pyridine rings is 1. The van der Waals surface area contributed by atoms with Gasteiger partial charge in [-0.3, -0.25) is 9.78 Å². The third kappa shape index (κ3) is 3.11. The van der Waals surface area contributed by atoms with Gasteiger partial charge >= 0.3 is 5.97 Å². The minimum absolute atomic E-state index is 0.339. The summed E-state index contributed by atoms with van der Waals surface area (Å²) in [6.07, 6.45) is 2.15. The molecule has 0 bridgehead atoms. The zero-order valence-electron chi connectivity index (χ0n) is 10.6. The van der Waals surface area contributed by atoms with E-state index >= 15 is 0 Å². The van der Waals surface area contributed by atoms with Crippen LogP contribution in [0.3, 0.4) is 0 Å².